The molecular weight excluding hydrogens is 215 g/mol. The summed E-state index contributed by atoms with van der Waals surface area (Å²) in [4.78, 5) is 9.04. The Morgan fingerprint density at radius 3 is 2.00 bits per heavy atom. The van der Waals surface area contributed by atoms with E-state index in [1.165, 1.54) is 12.1 Å². The standard InChI is InChI=1S/C6H7O5PS/c7-12(8,13(9,10)11)6-4-2-1-3-5-6/h1-5H,(H,7,8)(H,9,10,11). The van der Waals surface area contributed by atoms with E-state index >= 15 is 0 Å². The summed E-state index contributed by atoms with van der Waals surface area (Å²) in [6, 6.07) is 6.70. The van der Waals surface area contributed by atoms with E-state index in [1.807, 2.05) is 0 Å². The van der Waals surface area contributed by atoms with Gasteiger partial charge in [0.15, 0.2) is 0 Å². The fourth-order valence-corrected chi connectivity index (χ4v) is 2.73. The first-order valence-corrected chi connectivity index (χ1v) is 6.92. The molecule has 5 nitrogen and oxygen atoms in total. The molecule has 0 aliphatic heterocycles. The Balaban J connectivity index is 3.34. The van der Waals surface area contributed by atoms with Crippen LogP contribution in [0, 0.1) is 0 Å². The SMILES string of the molecule is O=P(O)(c1ccccc1)S(=O)(=O)O. The lowest BCUT2D eigenvalue weighted by atomic mass is 10.4. The van der Waals surface area contributed by atoms with E-state index in [-0.39, 0.29) is 5.30 Å². The van der Waals surface area contributed by atoms with E-state index in [0.29, 0.717) is 0 Å². The molecule has 72 valence electrons. The minimum Gasteiger partial charge on any atom is -0.329 e. The van der Waals surface area contributed by atoms with Gasteiger partial charge in [0.05, 0.1) is 5.30 Å². The zero-order chi connectivity index (χ0) is 10.1. The largest absolute Gasteiger partial charge is 0.367 e. The average molecular weight is 222 g/mol. The number of benzene rings is 1. The monoisotopic (exact) mass is 222 g/mol. The van der Waals surface area contributed by atoms with Gasteiger partial charge in [-0.15, -0.1) is 0 Å². The van der Waals surface area contributed by atoms with Crippen LogP contribution < -0.4 is 5.30 Å². The highest BCUT2D eigenvalue weighted by Crippen LogP contribution is 2.45. The van der Waals surface area contributed by atoms with E-state index in [0.717, 1.165) is 12.1 Å². The third-order valence-corrected chi connectivity index (χ3v) is 5.48. The van der Waals surface area contributed by atoms with Crippen LogP contribution in [0.1, 0.15) is 0 Å². The van der Waals surface area contributed by atoms with E-state index < -0.39 is 16.3 Å². The second-order valence-electron chi connectivity index (χ2n) is 2.30. The average Bonchev–Trinajstić information content (AvgIpc) is 2.04. The molecule has 0 fully saturated rings. The zero-order valence-corrected chi connectivity index (χ0v) is 8.07. The Morgan fingerprint density at radius 2 is 1.62 bits per heavy atom. The van der Waals surface area contributed by atoms with Crippen LogP contribution in [0.3, 0.4) is 0 Å². The molecule has 1 aromatic rings. The Bertz CT molecular complexity index is 437. The van der Waals surface area contributed by atoms with Crippen molar-refractivity contribution in [1.29, 1.82) is 0 Å². The fourth-order valence-electron chi connectivity index (χ4n) is 0.750. The van der Waals surface area contributed by atoms with Crippen molar-refractivity contribution in [2.45, 2.75) is 0 Å². The van der Waals surface area contributed by atoms with Crippen molar-refractivity contribution in [3.8, 4) is 0 Å². The smallest absolute Gasteiger partial charge is 0.329 e. The van der Waals surface area contributed by atoms with Crippen LogP contribution in [0.4, 0.5) is 0 Å². The van der Waals surface area contributed by atoms with Crippen molar-refractivity contribution < 1.29 is 22.4 Å². The molecule has 1 unspecified atom stereocenters. The molecule has 0 bridgehead atoms. The van der Waals surface area contributed by atoms with Gasteiger partial charge in [-0.2, -0.15) is 8.42 Å². The second-order valence-corrected chi connectivity index (χ2v) is 7.63. The first-order valence-electron chi connectivity index (χ1n) is 3.22. The normalized spacial score (nSPS) is 16.5. The maximum atomic E-state index is 11.2. The first-order chi connectivity index (χ1) is 5.86. The number of hydrogen-bond donors (Lipinski definition) is 2. The molecule has 0 saturated carbocycles. The molecule has 0 saturated heterocycles. The molecule has 1 aromatic carbocycles. The van der Waals surface area contributed by atoms with Crippen LogP contribution in [-0.4, -0.2) is 17.9 Å². The number of rotatable bonds is 2. The maximum absolute atomic E-state index is 11.2. The summed E-state index contributed by atoms with van der Waals surface area (Å²) in [6.45, 7) is -4.70. The minimum atomic E-state index is -4.94. The van der Waals surface area contributed by atoms with E-state index in [4.69, 9.17) is 9.45 Å². The molecule has 13 heavy (non-hydrogen) atoms. The Kier molecular flexibility index (Phi) is 2.58. The van der Waals surface area contributed by atoms with Crippen molar-refractivity contribution >= 4 is 21.6 Å². The van der Waals surface area contributed by atoms with Crippen molar-refractivity contribution in [2.75, 3.05) is 0 Å². The van der Waals surface area contributed by atoms with Crippen LogP contribution >= 0.6 is 6.57 Å². The van der Waals surface area contributed by atoms with Crippen LogP contribution in [-0.2, 0) is 14.3 Å². The van der Waals surface area contributed by atoms with Gasteiger partial charge in [-0.05, 0) is 12.1 Å². The Morgan fingerprint density at radius 1 is 1.15 bits per heavy atom. The van der Waals surface area contributed by atoms with Gasteiger partial charge in [-0.3, -0.25) is 9.12 Å². The first kappa shape index (κ1) is 10.4. The topological polar surface area (TPSA) is 91.7 Å². The molecular formula is C6H7O5PS. The molecule has 1 atom stereocenters. The van der Waals surface area contributed by atoms with Gasteiger partial charge in [0.1, 0.15) is 0 Å². The van der Waals surface area contributed by atoms with Gasteiger partial charge < -0.3 is 4.89 Å². The van der Waals surface area contributed by atoms with Crippen molar-refractivity contribution in [1.82, 2.24) is 0 Å². The van der Waals surface area contributed by atoms with Gasteiger partial charge in [0, 0.05) is 0 Å². The molecule has 0 aromatic heterocycles. The maximum Gasteiger partial charge on any atom is 0.367 e. The third kappa shape index (κ3) is 1.97. The molecule has 0 amide bonds. The fraction of sp³-hybridized carbons (Fsp3) is 0. The number of hydrogen-bond acceptors (Lipinski definition) is 3. The molecule has 0 aliphatic carbocycles. The predicted molar refractivity (Wildman–Crippen MR) is 47.4 cm³/mol. The molecule has 0 spiro atoms. The van der Waals surface area contributed by atoms with E-state index in [1.54, 1.807) is 6.07 Å². The highest BCUT2D eigenvalue weighted by Gasteiger charge is 2.36. The summed E-state index contributed by atoms with van der Waals surface area (Å²) in [6.07, 6.45) is 0. The quantitative estimate of drug-likeness (QED) is 0.557. The highest BCUT2D eigenvalue weighted by atomic mass is 32.8. The summed E-state index contributed by atoms with van der Waals surface area (Å²) in [5.74, 6) is 0. The summed E-state index contributed by atoms with van der Waals surface area (Å²) in [7, 11) is -4.94. The minimum absolute atomic E-state index is 0.308. The van der Waals surface area contributed by atoms with Gasteiger partial charge in [0.2, 0.25) is 0 Å². The molecule has 7 heteroatoms. The van der Waals surface area contributed by atoms with Crippen LogP contribution in [0.5, 0.6) is 0 Å². The van der Waals surface area contributed by atoms with Crippen LogP contribution in [0.15, 0.2) is 30.3 Å². The Labute approximate surface area is 75.0 Å². The Hall–Kier alpha value is -0.680. The lowest BCUT2D eigenvalue weighted by Gasteiger charge is -2.06. The van der Waals surface area contributed by atoms with E-state index in [2.05, 4.69) is 0 Å². The van der Waals surface area contributed by atoms with Crippen molar-refractivity contribution in [3.63, 3.8) is 0 Å². The predicted octanol–water partition coefficient (Wildman–Crippen LogP) is 0.385. The van der Waals surface area contributed by atoms with Gasteiger partial charge >= 0.3 is 16.3 Å². The highest BCUT2D eigenvalue weighted by molar-refractivity contribution is 8.50. The lowest BCUT2D eigenvalue weighted by Crippen LogP contribution is -2.11. The van der Waals surface area contributed by atoms with Gasteiger partial charge in [0.25, 0.3) is 0 Å². The summed E-state index contributed by atoms with van der Waals surface area (Å²) < 4.78 is 40.6. The van der Waals surface area contributed by atoms with Gasteiger partial charge in [-0.1, -0.05) is 18.2 Å². The van der Waals surface area contributed by atoms with Gasteiger partial charge in [-0.25, -0.2) is 0 Å². The van der Waals surface area contributed by atoms with Crippen molar-refractivity contribution in [2.24, 2.45) is 0 Å². The molecule has 2 N–H and O–H groups in total. The summed E-state index contributed by atoms with van der Waals surface area (Å²) >= 11 is 0. The van der Waals surface area contributed by atoms with Crippen LogP contribution in [0.25, 0.3) is 0 Å². The lowest BCUT2D eigenvalue weighted by molar-refractivity contribution is 0.465. The molecule has 1 rings (SSSR count). The zero-order valence-electron chi connectivity index (χ0n) is 6.36. The molecule has 0 aliphatic rings. The van der Waals surface area contributed by atoms with Crippen molar-refractivity contribution in [3.05, 3.63) is 30.3 Å². The summed E-state index contributed by atoms with van der Waals surface area (Å²) in [5.41, 5.74) is 0. The summed E-state index contributed by atoms with van der Waals surface area (Å²) in [5, 5.41) is -0.308. The van der Waals surface area contributed by atoms with E-state index in [9.17, 15) is 13.0 Å². The molecule has 0 heterocycles. The van der Waals surface area contributed by atoms with Crippen LogP contribution in [0.2, 0.25) is 0 Å². The second kappa shape index (κ2) is 3.23. The third-order valence-electron chi connectivity index (χ3n) is 1.40. The molecule has 0 radical (unpaired) electrons.